The van der Waals surface area contributed by atoms with E-state index in [9.17, 15) is 0 Å². The van der Waals surface area contributed by atoms with Gasteiger partial charge >= 0.3 is 0 Å². The molecule has 0 aromatic heterocycles. The van der Waals surface area contributed by atoms with Gasteiger partial charge in [-0.3, -0.25) is 0 Å². The summed E-state index contributed by atoms with van der Waals surface area (Å²) in [6.45, 7) is 2.14. The number of benzene rings is 3. The second-order valence-corrected chi connectivity index (χ2v) is 7.96. The van der Waals surface area contributed by atoms with Crippen LogP contribution in [-0.4, -0.2) is 7.85 Å². The number of halogens is 3. The maximum atomic E-state index is 3.79. The van der Waals surface area contributed by atoms with Gasteiger partial charge in [-0.25, -0.2) is 0 Å². The summed E-state index contributed by atoms with van der Waals surface area (Å²) in [7, 11) is 2.15. The fourth-order valence-electron chi connectivity index (χ4n) is 2.72. The Labute approximate surface area is 163 Å². The van der Waals surface area contributed by atoms with Gasteiger partial charge in [0.05, 0.1) is 0 Å². The van der Waals surface area contributed by atoms with Crippen molar-refractivity contribution in [2.45, 2.75) is 6.92 Å². The van der Waals surface area contributed by atoms with Gasteiger partial charge in [0.15, 0.2) is 0 Å². The first-order valence-electron chi connectivity index (χ1n) is 7.30. The minimum absolute atomic E-state index is 1.10. The van der Waals surface area contributed by atoms with Crippen molar-refractivity contribution in [3.05, 3.63) is 73.6 Å². The number of hydrogen-bond donors (Lipinski definition) is 0. The van der Waals surface area contributed by atoms with Crippen LogP contribution in [0.3, 0.4) is 0 Å². The van der Waals surface area contributed by atoms with Crippen molar-refractivity contribution in [2.75, 3.05) is 0 Å². The third kappa shape index (κ3) is 3.22. The standard InChI is InChI=1S/C19H14BBr3/c1-11-18(22)14(12-6-2-4-8-16(12)20)10-15(19(11)23)13-7-3-5-9-17(13)21/h2-10H,20H2,1H3. The van der Waals surface area contributed by atoms with Crippen molar-refractivity contribution in [3.8, 4) is 22.3 Å². The van der Waals surface area contributed by atoms with Crippen molar-refractivity contribution in [2.24, 2.45) is 0 Å². The van der Waals surface area contributed by atoms with E-state index in [0.29, 0.717) is 0 Å². The normalized spacial score (nSPS) is 10.8. The van der Waals surface area contributed by atoms with Crippen LogP contribution in [0.15, 0.2) is 68.0 Å². The van der Waals surface area contributed by atoms with Crippen molar-refractivity contribution in [3.63, 3.8) is 0 Å². The smallest absolute Gasteiger partial charge is 0.0812 e. The molecule has 0 radical (unpaired) electrons. The molecule has 0 atom stereocenters. The highest BCUT2D eigenvalue weighted by atomic mass is 79.9. The van der Waals surface area contributed by atoms with Gasteiger partial charge in [0, 0.05) is 13.4 Å². The average molecular weight is 493 g/mol. The highest BCUT2D eigenvalue weighted by Gasteiger charge is 2.16. The zero-order valence-electron chi connectivity index (χ0n) is 12.8. The van der Waals surface area contributed by atoms with Gasteiger partial charge in [0.25, 0.3) is 0 Å². The van der Waals surface area contributed by atoms with Crippen LogP contribution in [0.25, 0.3) is 22.3 Å². The molecule has 23 heavy (non-hydrogen) atoms. The quantitative estimate of drug-likeness (QED) is 0.392. The molecule has 0 unspecified atom stereocenters. The van der Waals surface area contributed by atoms with Gasteiger partial charge < -0.3 is 0 Å². The second-order valence-electron chi connectivity index (χ2n) is 5.52. The molecule has 114 valence electrons. The Balaban J connectivity index is 2.32. The van der Waals surface area contributed by atoms with Crippen molar-refractivity contribution < 1.29 is 0 Å². The Hall–Kier alpha value is -0.835. The number of hydrogen-bond acceptors (Lipinski definition) is 0. The Morgan fingerprint density at radius 3 is 1.83 bits per heavy atom. The molecule has 0 saturated heterocycles. The van der Waals surface area contributed by atoms with E-state index in [1.54, 1.807) is 0 Å². The van der Waals surface area contributed by atoms with Crippen LogP contribution in [0.4, 0.5) is 0 Å². The molecule has 3 aromatic rings. The molecule has 0 aliphatic rings. The van der Waals surface area contributed by atoms with Crippen molar-refractivity contribution >= 4 is 61.1 Å². The van der Waals surface area contributed by atoms with Gasteiger partial charge in [0.1, 0.15) is 7.85 Å². The minimum atomic E-state index is 1.10. The van der Waals surface area contributed by atoms with E-state index in [0.717, 1.165) is 13.4 Å². The van der Waals surface area contributed by atoms with Crippen LogP contribution < -0.4 is 5.46 Å². The van der Waals surface area contributed by atoms with Gasteiger partial charge in [-0.15, -0.1) is 0 Å². The summed E-state index contributed by atoms with van der Waals surface area (Å²) >= 11 is 11.2. The molecule has 0 heterocycles. The zero-order chi connectivity index (χ0) is 16.6. The highest BCUT2D eigenvalue weighted by molar-refractivity contribution is 9.11. The van der Waals surface area contributed by atoms with E-state index in [1.165, 1.54) is 33.3 Å². The first-order valence-corrected chi connectivity index (χ1v) is 9.68. The summed E-state index contributed by atoms with van der Waals surface area (Å²) in [5.41, 5.74) is 7.32. The molecule has 0 N–H and O–H groups in total. The van der Waals surface area contributed by atoms with Crippen molar-refractivity contribution in [1.29, 1.82) is 0 Å². The van der Waals surface area contributed by atoms with E-state index >= 15 is 0 Å². The zero-order valence-corrected chi connectivity index (χ0v) is 17.6. The molecular weight excluding hydrogens is 479 g/mol. The lowest BCUT2D eigenvalue weighted by molar-refractivity contribution is 1.39. The number of rotatable bonds is 2. The summed E-state index contributed by atoms with van der Waals surface area (Å²) in [5, 5.41) is 0. The van der Waals surface area contributed by atoms with Crippen LogP contribution >= 0.6 is 47.8 Å². The van der Waals surface area contributed by atoms with Crippen molar-refractivity contribution in [1.82, 2.24) is 0 Å². The summed E-state index contributed by atoms with van der Waals surface area (Å²) in [6.07, 6.45) is 0. The van der Waals surface area contributed by atoms with E-state index in [4.69, 9.17) is 0 Å². The summed E-state index contributed by atoms with van der Waals surface area (Å²) in [4.78, 5) is 0. The maximum Gasteiger partial charge on any atom is 0.140 e. The lowest BCUT2D eigenvalue weighted by atomic mass is 9.86. The van der Waals surface area contributed by atoms with Gasteiger partial charge in [-0.2, -0.15) is 0 Å². The molecule has 0 aliphatic heterocycles. The molecule has 0 nitrogen and oxygen atoms in total. The Kier molecular flexibility index (Phi) is 5.15. The Morgan fingerprint density at radius 1 is 0.696 bits per heavy atom. The molecule has 4 heteroatoms. The SMILES string of the molecule is Bc1ccccc1-c1cc(-c2ccccc2Br)c(Br)c(C)c1Br. The first-order chi connectivity index (χ1) is 11.0. The van der Waals surface area contributed by atoms with Crippen LogP contribution in [0.5, 0.6) is 0 Å². The second kappa shape index (κ2) is 6.96. The Morgan fingerprint density at radius 2 is 1.22 bits per heavy atom. The van der Waals surface area contributed by atoms with Crippen LogP contribution in [0.2, 0.25) is 0 Å². The van der Waals surface area contributed by atoms with E-state index in [1.807, 2.05) is 6.07 Å². The van der Waals surface area contributed by atoms with Gasteiger partial charge in [-0.05, 0) is 78.7 Å². The minimum Gasteiger partial charge on any atom is -0.0812 e. The molecule has 0 fully saturated rings. The summed E-state index contributed by atoms with van der Waals surface area (Å²) in [6, 6.07) is 19.1. The highest BCUT2D eigenvalue weighted by Crippen LogP contribution is 2.42. The van der Waals surface area contributed by atoms with E-state index < -0.39 is 0 Å². The topological polar surface area (TPSA) is 0 Å². The lowest BCUT2D eigenvalue weighted by Crippen LogP contribution is -2.06. The predicted molar refractivity (Wildman–Crippen MR) is 113 cm³/mol. The maximum absolute atomic E-state index is 3.79. The molecule has 0 amide bonds. The van der Waals surface area contributed by atoms with E-state index in [-0.39, 0.29) is 0 Å². The summed E-state index contributed by atoms with van der Waals surface area (Å²) < 4.78 is 3.35. The molecule has 3 aromatic carbocycles. The monoisotopic (exact) mass is 490 g/mol. The fourth-order valence-corrected chi connectivity index (χ4v) is 4.54. The molecule has 0 saturated carbocycles. The third-order valence-corrected chi connectivity index (χ3v) is 6.75. The largest absolute Gasteiger partial charge is 0.140 e. The molecule has 0 bridgehead atoms. The molecular formula is C19H14BBr3. The van der Waals surface area contributed by atoms with Gasteiger partial charge in [0.2, 0.25) is 0 Å². The van der Waals surface area contributed by atoms with Crippen LogP contribution in [0.1, 0.15) is 5.56 Å². The molecule has 0 aliphatic carbocycles. The van der Waals surface area contributed by atoms with Gasteiger partial charge in [-0.1, -0.05) is 63.9 Å². The summed E-state index contributed by atoms with van der Waals surface area (Å²) in [5.74, 6) is 0. The Bertz CT molecular complexity index is 818. The van der Waals surface area contributed by atoms with Crippen LogP contribution in [0, 0.1) is 6.92 Å². The molecule has 0 spiro atoms. The molecule has 3 rings (SSSR count). The third-order valence-electron chi connectivity index (χ3n) is 4.02. The van der Waals surface area contributed by atoms with Crippen LogP contribution in [-0.2, 0) is 0 Å². The first kappa shape index (κ1) is 17.0. The average Bonchev–Trinajstić information content (AvgIpc) is 2.55. The van der Waals surface area contributed by atoms with E-state index in [2.05, 4.69) is 111 Å². The fraction of sp³-hybridized carbons (Fsp3) is 0.0526. The lowest BCUT2D eigenvalue weighted by Gasteiger charge is -2.17. The predicted octanol–water partition coefficient (Wildman–Crippen LogP) is 5.87.